The predicted molar refractivity (Wildman–Crippen MR) is 178 cm³/mol. The Hall–Kier alpha value is -5.61. The minimum Gasteiger partial charge on any atom is -0.455 e. The van der Waals surface area contributed by atoms with Gasteiger partial charge in [0.15, 0.2) is 17.5 Å². The number of aromatic nitrogens is 3. The minimum atomic E-state index is -0.111. The van der Waals surface area contributed by atoms with E-state index < -0.39 is 0 Å². The molecule has 0 saturated heterocycles. The van der Waals surface area contributed by atoms with Crippen LogP contribution in [0.5, 0.6) is 0 Å². The Kier molecular flexibility index (Phi) is 5.21. The molecule has 6 aromatic carbocycles. The molecule has 4 nitrogen and oxygen atoms in total. The lowest BCUT2D eigenvalue weighted by Gasteiger charge is -2.21. The van der Waals surface area contributed by atoms with E-state index in [1.165, 1.54) is 22.3 Å². The molecule has 0 radical (unpaired) electrons. The Bertz CT molecular complexity index is 2350. The molecule has 0 saturated carbocycles. The molecule has 9 rings (SSSR count). The first-order chi connectivity index (χ1) is 21.6. The zero-order valence-electron chi connectivity index (χ0n) is 24.4. The zero-order valence-corrected chi connectivity index (χ0v) is 24.4. The van der Waals surface area contributed by atoms with E-state index in [0.29, 0.717) is 17.5 Å². The maximum Gasteiger partial charge on any atom is 0.164 e. The quantitative estimate of drug-likeness (QED) is 0.214. The summed E-state index contributed by atoms with van der Waals surface area (Å²) in [7, 11) is 0. The molecule has 44 heavy (non-hydrogen) atoms. The van der Waals surface area contributed by atoms with Crippen molar-refractivity contribution in [1.29, 1.82) is 0 Å². The van der Waals surface area contributed by atoms with E-state index in [4.69, 9.17) is 19.4 Å². The lowest BCUT2D eigenvalue weighted by molar-refractivity contribution is 0.660. The molecular formula is C40H27N3O. The van der Waals surface area contributed by atoms with Gasteiger partial charge in [-0.15, -0.1) is 0 Å². The van der Waals surface area contributed by atoms with Crippen LogP contribution < -0.4 is 0 Å². The molecule has 0 bridgehead atoms. The van der Waals surface area contributed by atoms with Crippen molar-refractivity contribution in [3.63, 3.8) is 0 Å². The van der Waals surface area contributed by atoms with Gasteiger partial charge in [0, 0.05) is 38.3 Å². The third-order valence-corrected chi connectivity index (χ3v) is 9.11. The van der Waals surface area contributed by atoms with Crippen LogP contribution in [0.2, 0.25) is 0 Å². The lowest BCUT2D eigenvalue weighted by atomic mass is 9.82. The number of fused-ring (bicyclic) bond motifs is 9. The molecule has 0 unspecified atom stereocenters. The number of furan rings is 1. The first kappa shape index (κ1) is 24.9. The highest BCUT2D eigenvalue weighted by Gasteiger charge is 2.37. The summed E-state index contributed by atoms with van der Waals surface area (Å²) in [5.74, 6) is 1.90. The maximum atomic E-state index is 6.79. The van der Waals surface area contributed by atoms with E-state index in [2.05, 4.69) is 68.4 Å². The van der Waals surface area contributed by atoms with E-state index in [-0.39, 0.29) is 5.41 Å². The molecule has 0 amide bonds. The fraction of sp³-hybridized carbons (Fsp3) is 0.0750. The molecule has 0 aliphatic heterocycles. The number of para-hydroxylation sites is 1. The minimum absolute atomic E-state index is 0.111. The molecule has 4 heteroatoms. The Labute approximate surface area is 254 Å². The van der Waals surface area contributed by atoms with Gasteiger partial charge in [0.2, 0.25) is 0 Å². The summed E-state index contributed by atoms with van der Waals surface area (Å²) in [4.78, 5) is 15.2. The SMILES string of the molecule is CC1(C)c2ccccc2-c2c1ccc1cc(-c3nc(-c4ccccc4)nc(-c4ccccc4)n3)c3c4ccccc4oc3c21. The molecule has 0 atom stereocenters. The molecule has 2 heterocycles. The molecule has 0 fully saturated rings. The zero-order chi connectivity index (χ0) is 29.4. The van der Waals surface area contributed by atoms with Gasteiger partial charge < -0.3 is 4.42 Å². The van der Waals surface area contributed by atoms with Gasteiger partial charge in [0.1, 0.15) is 11.2 Å². The summed E-state index contributed by atoms with van der Waals surface area (Å²) >= 11 is 0. The second kappa shape index (κ2) is 9.19. The van der Waals surface area contributed by atoms with Crippen molar-refractivity contribution in [3.8, 4) is 45.3 Å². The van der Waals surface area contributed by atoms with Crippen LogP contribution in [-0.2, 0) is 5.41 Å². The highest BCUT2D eigenvalue weighted by molar-refractivity contribution is 6.24. The van der Waals surface area contributed by atoms with Crippen LogP contribution in [0.3, 0.4) is 0 Å². The molecule has 2 aromatic heterocycles. The van der Waals surface area contributed by atoms with Crippen LogP contribution in [0.4, 0.5) is 0 Å². The van der Waals surface area contributed by atoms with Crippen LogP contribution in [0.25, 0.3) is 78.0 Å². The monoisotopic (exact) mass is 565 g/mol. The first-order valence-electron chi connectivity index (χ1n) is 15.0. The van der Waals surface area contributed by atoms with Crippen molar-refractivity contribution >= 4 is 32.7 Å². The van der Waals surface area contributed by atoms with Crippen LogP contribution in [-0.4, -0.2) is 15.0 Å². The molecule has 8 aromatic rings. The second-order valence-electron chi connectivity index (χ2n) is 12.0. The van der Waals surface area contributed by atoms with Crippen LogP contribution >= 0.6 is 0 Å². The third kappa shape index (κ3) is 3.54. The average molecular weight is 566 g/mol. The van der Waals surface area contributed by atoms with E-state index in [9.17, 15) is 0 Å². The molecule has 0 spiro atoms. The van der Waals surface area contributed by atoms with Gasteiger partial charge in [0.25, 0.3) is 0 Å². The molecule has 1 aliphatic rings. The number of nitrogens with zero attached hydrogens (tertiary/aromatic N) is 3. The van der Waals surface area contributed by atoms with E-state index in [1.54, 1.807) is 0 Å². The highest BCUT2D eigenvalue weighted by atomic mass is 16.3. The Morgan fingerprint density at radius 1 is 0.523 bits per heavy atom. The number of hydrogen-bond donors (Lipinski definition) is 0. The fourth-order valence-electron chi connectivity index (χ4n) is 7.00. The summed E-state index contributed by atoms with van der Waals surface area (Å²) < 4.78 is 6.79. The summed E-state index contributed by atoms with van der Waals surface area (Å²) in [6, 6.07) is 44.0. The van der Waals surface area contributed by atoms with E-state index in [0.717, 1.165) is 49.4 Å². The third-order valence-electron chi connectivity index (χ3n) is 9.11. The van der Waals surface area contributed by atoms with Crippen molar-refractivity contribution < 1.29 is 4.42 Å². The van der Waals surface area contributed by atoms with E-state index >= 15 is 0 Å². The van der Waals surface area contributed by atoms with Crippen molar-refractivity contribution in [2.75, 3.05) is 0 Å². The van der Waals surface area contributed by atoms with Crippen LogP contribution in [0, 0.1) is 0 Å². The fourth-order valence-corrected chi connectivity index (χ4v) is 7.00. The van der Waals surface area contributed by atoms with Gasteiger partial charge in [-0.1, -0.05) is 129 Å². The smallest absolute Gasteiger partial charge is 0.164 e. The Morgan fingerprint density at radius 2 is 1.14 bits per heavy atom. The van der Waals surface area contributed by atoms with Gasteiger partial charge >= 0.3 is 0 Å². The van der Waals surface area contributed by atoms with Gasteiger partial charge in [-0.05, 0) is 39.8 Å². The standard InChI is InChI=1S/C40H27N3O/c1-40(2)30-19-11-9-17-27(30)35-31(40)22-21-26-23-29(34-28-18-10-12-20-32(28)44-36(34)33(26)35)39-42-37(24-13-5-3-6-14-24)41-38(43-39)25-15-7-4-8-16-25/h3-23H,1-2H3. The molecule has 0 N–H and O–H groups in total. The molecule has 208 valence electrons. The summed E-state index contributed by atoms with van der Waals surface area (Å²) in [6.07, 6.45) is 0. The van der Waals surface area contributed by atoms with Gasteiger partial charge in [-0.25, -0.2) is 15.0 Å². The molecular weight excluding hydrogens is 538 g/mol. The van der Waals surface area contributed by atoms with E-state index in [1.807, 2.05) is 72.8 Å². The number of rotatable bonds is 3. The molecule has 1 aliphatic carbocycles. The number of benzene rings is 6. The predicted octanol–water partition coefficient (Wildman–Crippen LogP) is 10.2. The van der Waals surface area contributed by atoms with Crippen molar-refractivity contribution in [2.45, 2.75) is 19.3 Å². The Balaban J connectivity index is 1.42. The van der Waals surface area contributed by atoms with Crippen molar-refractivity contribution in [3.05, 3.63) is 139 Å². The second-order valence-corrected chi connectivity index (χ2v) is 12.0. The topological polar surface area (TPSA) is 51.8 Å². The van der Waals surface area contributed by atoms with Gasteiger partial charge in [0.05, 0.1) is 0 Å². The van der Waals surface area contributed by atoms with Crippen LogP contribution in [0.1, 0.15) is 25.0 Å². The summed E-state index contributed by atoms with van der Waals surface area (Å²) in [5.41, 5.74) is 9.60. The maximum absolute atomic E-state index is 6.79. The van der Waals surface area contributed by atoms with Crippen LogP contribution in [0.15, 0.2) is 132 Å². The van der Waals surface area contributed by atoms with Crippen molar-refractivity contribution in [1.82, 2.24) is 15.0 Å². The highest BCUT2D eigenvalue weighted by Crippen LogP contribution is 2.53. The summed E-state index contributed by atoms with van der Waals surface area (Å²) in [6.45, 7) is 4.63. The van der Waals surface area contributed by atoms with Gasteiger partial charge in [-0.3, -0.25) is 0 Å². The largest absolute Gasteiger partial charge is 0.455 e. The normalized spacial score (nSPS) is 13.4. The van der Waals surface area contributed by atoms with Crippen molar-refractivity contribution in [2.24, 2.45) is 0 Å². The summed E-state index contributed by atoms with van der Waals surface area (Å²) in [5, 5.41) is 4.30. The average Bonchev–Trinajstić information content (AvgIpc) is 3.58. The lowest BCUT2D eigenvalue weighted by Crippen LogP contribution is -2.14. The first-order valence-corrected chi connectivity index (χ1v) is 15.0. The number of hydrogen-bond acceptors (Lipinski definition) is 4. The Morgan fingerprint density at radius 3 is 1.86 bits per heavy atom. The van der Waals surface area contributed by atoms with Gasteiger partial charge in [-0.2, -0.15) is 0 Å².